The fraction of sp³-hybridized carbons (Fsp3) is 0.467. The van der Waals surface area contributed by atoms with E-state index in [9.17, 15) is 8.42 Å². The Bertz CT molecular complexity index is 600. The second kappa shape index (κ2) is 7.94. The number of hydrogen-bond donors (Lipinski definition) is 1. The summed E-state index contributed by atoms with van der Waals surface area (Å²) in [6.45, 7) is 11.6. The summed E-state index contributed by atoms with van der Waals surface area (Å²) in [6.07, 6.45) is 0. The third kappa shape index (κ3) is 4.81. The van der Waals surface area contributed by atoms with Crippen LogP contribution in [0.3, 0.4) is 0 Å². The van der Waals surface area contributed by atoms with Gasteiger partial charge in [0.05, 0.1) is 4.90 Å². The van der Waals surface area contributed by atoms with Gasteiger partial charge in [-0.3, -0.25) is 0 Å². The van der Waals surface area contributed by atoms with E-state index in [1.54, 1.807) is 12.1 Å². The molecule has 0 aromatic heterocycles. The zero-order valence-electron chi connectivity index (χ0n) is 12.8. The van der Waals surface area contributed by atoms with Crippen molar-refractivity contribution in [1.82, 2.24) is 9.62 Å². The predicted molar refractivity (Wildman–Crippen MR) is 88.1 cm³/mol. The highest BCUT2D eigenvalue weighted by Gasteiger charge is 2.23. The van der Waals surface area contributed by atoms with Crippen molar-refractivity contribution in [3.63, 3.8) is 0 Å². The number of nitrogens with one attached hydrogen (secondary N) is 1. The highest BCUT2D eigenvalue weighted by molar-refractivity contribution is 7.89. The molecule has 0 bridgehead atoms. The summed E-state index contributed by atoms with van der Waals surface area (Å²) < 4.78 is 26.6. The number of halogens is 1. The van der Waals surface area contributed by atoms with Crippen molar-refractivity contribution in [3.05, 3.63) is 40.9 Å². The number of hydrogen-bond acceptors (Lipinski definition) is 3. The topological polar surface area (TPSA) is 49.4 Å². The molecule has 0 heterocycles. The Kier molecular flexibility index (Phi) is 6.87. The van der Waals surface area contributed by atoms with Gasteiger partial charge in [0.15, 0.2) is 0 Å². The van der Waals surface area contributed by atoms with E-state index in [2.05, 4.69) is 11.9 Å². The lowest BCUT2D eigenvalue weighted by Gasteiger charge is -2.21. The van der Waals surface area contributed by atoms with Gasteiger partial charge in [-0.2, -0.15) is 4.31 Å². The Labute approximate surface area is 132 Å². The number of sulfonamides is 1. The van der Waals surface area contributed by atoms with E-state index in [-0.39, 0.29) is 4.90 Å². The minimum absolute atomic E-state index is 0.218. The van der Waals surface area contributed by atoms with Crippen LogP contribution in [0.2, 0.25) is 5.02 Å². The Morgan fingerprint density at radius 1 is 1.38 bits per heavy atom. The molecule has 0 radical (unpaired) electrons. The first kappa shape index (κ1) is 18.2. The molecule has 1 rings (SSSR count). The zero-order valence-corrected chi connectivity index (χ0v) is 14.4. The number of benzene rings is 1. The molecular formula is C15H23ClN2O2S. The van der Waals surface area contributed by atoms with Crippen molar-refractivity contribution in [2.45, 2.75) is 32.2 Å². The van der Waals surface area contributed by atoms with Crippen LogP contribution in [-0.2, 0) is 16.6 Å². The molecule has 0 saturated carbocycles. The van der Waals surface area contributed by atoms with Crippen LogP contribution in [0.4, 0.5) is 0 Å². The van der Waals surface area contributed by atoms with Gasteiger partial charge in [0.2, 0.25) is 10.0 Å². The molecule has 0 atom stereocenters. The maximum atomic E-state index is 12.6. The van der Waals surface area contributed by atoms with E-state index in [1.807, 2.05) is 20.8 Å². The second-order valence-corrected chi connectivity index (χ2v) is 7.27. The molecule has 1 aromatic carbocycles. The maximum absolute atomic E-state index is 12.6. The molecule has 21 heavy (non-hydrogen) atoms. The smallest absolute Gasteiger partial charge is 0.243 e. The molecule has 4 nitrogen and oxygen atoms in total. The minimum Gasteiger partial charge on any atom is -0.313 e. The second-order valence-electron chi connectivity index (χ2n) is 4.92. The van der Waals surface area contributed by atoms with Gasteiger partial charge in [0.1, 0.15) is 0 Å². The van der Waals surface area contributed by atoms with Crippen molar-refractivity contribution in [2.24, 2.45) is 0 Å². The summed E-state index contributed by atoms with van der Waals surface area (Å²) in [7, 11) is -3.54. The normalized spacial score (nSPS) is 11.9. The first-order valence-corrected chi connectivity index (χ1v) is 8.78. The molecule has 0 aliphatic heterocycles. The zero-order chi connectivity index (χ0) is 16.0. The summed E-state index contributed by atoms with van der Waals surface area (Å²) in [5.41, 5.74) is 1.69. The van der Waals surface area contributed by atoms with Gasteiger partial charge in [0.25, 0.3) is 0 Å². The van der Waals surface area contributed by atoms with Crippen LogP contribution in [0.25, 0.3) is 0 Å². The van der Waals surface area contributed by atoms with Gasteiger partial charge in [-0.1, -0.05) is 43.7 Å². The van der Waals surface area contributed by atoms with Gasteiger partial charge in [0, 0.05) is 24.7 Å². The summed E-state index contributed by atoms with van der Waals surface area (Å²) >= 11 is 6.18. The third-order valence-electron chi connectivity index (χ3n) is 3.03. The molecule has 1 N–H and O–H groups in total. The SMILES string of the molecule is C=C(C)CN(CC)S(=O)(=O)c1ccc(CNCC)c(Cl)c1. The van der Waals surface area contributed by atoms with Crippen molar-refractivity contribution >= 4 is 21.6 Å². The molecule has 0 saturated heterocycles. The van der Waals surface area contributed by atoms with Gasteiger partial charge < -0.3 is 5.32 Å². The van der Waals surface area contributed by atoms with Crippen LogP contribution in [0, 0.1) is 0 Å². The average Bonchev–Trinajstić information content (AvgIpc) is 2.42. The van der Waals surface area contributed by atoms with Crippen LogP contribution in [0.5, 0.6) is 0 Å². The van der Waals surface area contributed by atoms with E-state index in [0.29, 0.717) is 24.7 Å². The van der Waals surface area contributed by atoms with Crippen LogP contribution in [0.15, 0.2) is 35.2 Å². The summed E-state index contributed by atoms with van der Waals surface area (Å²) in [6, 6.07) is 4.88. The monoisotopic (exact) mass is 330 g/mol. The lowest BCUT2D eigenvalue weighted by molar-refractivity contribution is 0.453. The third-order valence-corrected chi connectivity index (χ3v) is 5.30. The van der Waals surface area contributed by atoms with E-state index < -0.39 is 10.0 Å². The first-order valence-electron chi connectivity index (χ1n) is 6.96. The van der Waals surface area contributed by atoms with Crippen molar-refractivity contribution in [3.8, 4) is 0 Å². The van der Waals surface area contributed by atoms with Gasteiger partial charge in [-0.05, 0) is 31.2 Å². The molecule has 118 valence electrons. The summed E-state index contributed by atoms with van der Waals surface area (Å²) in [4.78, 5) is 0.218. The number of nitrogens with zero attached hydrogens (tertiary/aromatic N) is 1. The Morgan fingerprint density at radius 2 is 2.05 bits per heavy atom. The molecule has 6 heteroatoms. The fourth-order valence-electron chi connectivity index (χ4n) is 1.91. The maximum Gasteiger partial charge on any atom is 0.243 e. The van der Waals surface area contributed by atoms with Gasteiger partial charge in [-0.15, -0.1) is 0 Å². The van der Waals surface area contributed by atoms with Crippen molar-refractivity contribution in [2.75, 3.05) is 19.6 Å². The van der Waals surface area contributed by atoms with E-state index >= 15 is 0 Å². The van der Waals surface area contributed by atoms with E-state index in [0.717, 1.165) is 17.7 Å². The molecule has 1 aromatic rings. The largest absolute Gasteiger partial charge is 0.313 e. The number of rotatable bonds is 8. The summed E-state index contributed by atoms with van der Waals surface area (Å²) in [5, 5.41) is 3.63. The van der Waals surface area contributed by atoms with Crippen LogP contribution < -0.4 is 5.32 Å². The first-order chi connectivity index (χ1) is 9.82. The standard InChI is InChI=1S/C15H23ClN2O2S/c1-5-17-10-13-7-8-14(9-15(13)16)21(19,20)18(6-2)11-12(3)4/h7-9,17H,3,5-6,10-11H2,1-2,4H3. The lowest BCUT2D eigenvalue weighted by Crippen LogP contribution is -2.32. The Balaban J connectivity index is 3.08. The van der Waals surface area contributed by atoms with E-state index in [1.165, 1.54) is 10.4 Å². The van der Waals surface area contributed by atoms with Gasteiger partial charge >= 0.3 is 0 Å². The minimum atomic E-state index is -3.54. The van der Waals surface area contributed by atoms with Crippen LogP contribution >= 0.6 is 11.6 Å². The predicted octanol–water partition coefficient (Wildman–Crippen LogP) is 3.04. The highest BCUT2D eigenvalue weighted by Crippen LogP contribution is 2.23. The molecular weight excluding hydrogens is 308 g/mol. The molecule has 0 spiro atoms. The Hall–Kier alpha value is -0.880. The van der Waals surface area contributed by atoms with Crippen molar-refractivity contribution in [1.29, 1.82) is 0 Å². The van der Waals surface area contributed by atoms with Gasteiger partial charge in [-0.25, -0.2) is 8.42 Å². The molecule has 0 amide bonds. The lowest BCUT2D eigenvalue weighted by atomic mass is 10.2. The van der Waals surface area contributed by atoms with Crippen LogP contribution in [-0.4, -0.2) is 32.4 Å². The molecule has 0 fully saturated rings. The highest BCUT2D eigenvalue weighted by atomic mass is 35.5. The molecule has 0 unspecified atom stereocenters. The number of likely N-dealkylation sites (N-methyl/N-ethyl adjacent to an activating group) is 1. The van der Waals surface area contributed by atoms with Crippen molar-refractivity contribution < 1.29 is 8.42 Å². The van der Waals surface area contributed by atoms with Crippen LogP contribution in [0.1, 0.15) is 26.3 Å². The Morgan fingerprint density at radius 3 is 2.52 bits per heavy atom. The fourth-order valence-corrected chi connectivity index (χ4v) is 3.76. The quantitative estimate of drug-likeness (QED) is 0.745. The average molecular weight is 331 g/mol. The molecule has 0 aliphatic rings. The van der Waals surface area contributed by atoms with E-state index in [4.69, 9.17) is 11.6 Å². The molecule has 0 aliphatic carbocycles. The summed E-state index contributed by atoms with van der Waals surface area (Å²) in [5.74, 6) is 0.